The van der Waals surface area contributed by atoms with Crippen molar-refractivity contribution >= 4 is 21.6 Å². The molecule has 0 aromatic heterocycles. The Morgan fingerprint density at radius 3 is 2.95 bits per heavy atom. The number of rotatable bonds is 1. The first-order valence-electron chi connectivity index (χ1n) is 6.96. The van der Waals surface area contributed by atoms with Crippen LogP contribution in [0.15, 0.2) is 22.7 Å². The normalized spacial score (nSPS) is 23.8. The van der Waals surface area contributed by atoms with Crippen LogP contribution in [-0.2, 0) is 0 Å². The highest BCUT2D eigenvalue weighted by Gasteiger charge is 2.29. The van der Waals surface area contributed by atoms with Crippen molar-refractivity contribution in [2.75, 3.05) is 31.1 Å². The summed E-state index contributed by atoms with van der Waals surface area (Å²) in [6.07, 6.45) is 3.99. The Hall–Kier alpha value is -1.05. The van der Waals surface area contributed by atoms with Crippen molar-refractivity contribution in [3.8, 4) is 6.07 Å². The van der Waals surface area contributed by atoms with Crippen LogP contribution in [0.3, 0.4) is 0 Å². The minimum absolute atomic E-state index is 0.678. The number of halogens is 1. The third kappa shape index (κ3) is 2.63. The van der Waals surface area contributed by atoms with Crippen LogP contribution in [0, 0.1) is 11.3 Å². The lowest BCUT2D eigenvalue weighted by Crippen LogP contribution is -2.55. The Morgan fingerprint density at radius 1 is 1.21 bits per heavy atom. The van der Waals surface area contributed by atoms with Crippen LogP contribution in [0.5, 0.6) is 0 Å². The van der Waals surface area contributed by atoms with E-state index in [0.29, 0.717) is 6.04 Å². The van der Waals surface area contributed by atoms with Crippen molar-refractivity contribution < 1.29 is 0 Å². The van der Waals surface area contributed by atoms with Crippen LogP contribution in [0.2, 0.25) is 0 Å². The minimum Gasteiger partial charge on any atom is -0.368 e. The molecule has 2 aliphatic rings. The van der Waals surface area contributed by atoms with Crippen LogP contribution in [0.25, 0.3) is 0 Å². The summed E-state index contributed by atoms with van der Waals surface area (Å²) in [5, 5.41) is 9.30. The van der Waals surface area contributed by atoms with E-state index in [2.05, 4.69) is 37.9 Å². The number of fused-ring (bicyclic) bond motifs is 1. The first-order valence-corrected chi connectivity index (χ1v) is 7.76. The molecule has 1 aromatic rings. The molecule has 19 heavy (non-hydrogen) atoms. The molecule has 0 radical (unpaired) electrons. The summed E-state index contributed by atoms with van der Waals surface area (Å²) in [4.78, 5) is 5.00. The second kappa shape index (κ2) is 5.52. The number of anilines is 1. The zero-order chi connectivity index (χ0) is 13.2. The molecule has 2 fully saturated rings. The van der Waals surface area contributed by atoms with Gasteiger partial charge >= 0.3 is 0 Å². The van der Waals surface area contributed by atoms with Gasteiger partial charge in [-0.3, -0.25) is 4.90 Å². The summed E-state index contributed by atoms with van der Waals surface area (Å²) in [5.41, 5.74) is 1.87. The molecule has 0 spiro atoms. The second-order valence-corrected chi connectivity index (χ2v) is 6.32. The van der Waals surface area contributed by atoms with E-state index in [1.807, 2.05) is 12.1 Å². The van der Waals surface area contributed by atoms with Crippen molar-refractivity contribution in [3.05, 3.63) is 28.2 Å². The van der Waals surface area contributed by atoms with Gasteiger partial charge < -0.3 is 4.90 Å². The van der Waals surface area contributed by atoms with Crippen molar-refractivity contribution in [2.24, 2.45) is 0 Å². The van der Waals surface area contributed by atoms with Gasteiger partial charge in [0.2, 0.25) is 0 Å². The molecule has 3 nitrogen and oxygen atoms in total. The van der Waals surface area contributed by atoms with Gasteiger partial charge in [0, 0.05) is 30.1 Å². The first kappa shape index (κ1) is 13.0. The van der Waals surface area contributed by atoms with E-state index in [1.165, 1.54) is 25.8 Å². The molecule has 3 rings (SSSR count). The lowest BCUT2D eigenvalue weighted by atomic mass is 9.99. The van der Waals surface area contributed by atoms with Gasteiger partial charge in [0.1, 0.15) is 6.07 Å². The molecule has 4 heteroatoms. The zero-order valence-electron chi connectivity index (χ0n) is 11.0. The van der Waals surface area contributed by atoms with Crippen molar-refractivity contribution in [1.82, 2.24) is 4.90 Å². The molecule has 1 atom stereocenters. The number of nitriles is 1. The molecule has 0 N–H and O–H groups in total. The summed E-state index contributed by atoms with van der Waals surface area (Å²) in [5.74, 6) is 0. The van der Waals surface area contributed by atoms with Gasteiger partial charge in [-0.15, -0.1) is 0 Å². The van der Waals surface area contributed by atoms with E-state index < -0.39 is 0 Å². The Labute approximate surface area is 122 Å². The van der Waals surface area contributed by atoms with Gasteiger partial charge in [0.15, 0.2) is 0 Å². The van der Waals surface area contributed by atoms with Gasteiger partial charge in [0.25, 0.3) is 0 Å². The number of piperazine rings is 1. The number of hydrogen-bond donors (Lipinski definition) is 0. The quantitative estimate of drug-likeness (QED) is 0.797. The Balaban J connectivity index is 1.81. The number of nitrogens with zero attached hydrogens (tertiary/aromatic N) is 3. The molecule has 0 bridgehead atoms. The van der Waals surface area contributed by atoms with Crippen molar-refractivity contribution in [3.63, 3.8) is 0 Å². The third-order valence-corrected chi connectivity index (χ3v) is 4.75. The average molecular weight is 320 g/mol. The first-order chi connectivity index (χ1) is 9.28. The molecule has 2 saturated heterocycles. The number of benzene rings is 1. The molecule has 100 valence electrons. The molecule has 0 saturated carbocycles. The van der Waals surface area contributed by atoms with E-state index in [0.717, 1.165) is 35.4 Å². The van der Waals surface area contributed by atoms with Crippen LogP contribution < -0.4 is 4.90 Å². The fourth-order valence-electron chi connectivity index (χ4n) is 3.25. The summed E-state index contributed by atoms with van der Waals surface area (Å²) in [6, 6.07) is 9.02. The van der Waals surface area contributed by atoms with E-state index in [4.69, 9.17) is 0 Å². The monoisotopic (exact) mass is 319 g/mol. The van der Waals surface area contributed by atoms with Gasteiger partial charge in [-0.25, -0.2) is 0 Å². The average Bonchev–Trinajstić information content (AvgIpc) is 2.46. The lowest BCUT2D eigenvalue weighted by molar-refractivity contribution is 0.133. The standard InChI is InChI=1S/C15H18BrN3/c16-13-4-5-15(12(9-13)10-17)19-8-7-18-6-2-1-3-14(18)11-19/h4-5,9,14H,1-3,6-8,11H2. The second-order valence-electron chi connectivity index (χ2n) is 5.40. The fourth-order valence-corrected chi connectivity index (χ4v) is 3.61. The maximum atomic E-state index is 9.30. The molecular formula is C15H18BrN3. The van der Waals surface area contributed by atoms with E-state index in [9.17, 15) is 5.26 Å². The van der Waals surface area contributed by atoms with Crippen LogP contribution in [0.1, 0.15) is 24.8 Å². The van der Waals surface area contributed by atoms with Crippen molar-refractivity contribution in [2.45, 2.75) is 25.3 Å². The van der Waals surface area contributed by atoms with Crippen LogP contribution in [-0.4, -0.2) is 37.1 Å². The SMILES string of the molecule is N#Cc1cc(Br)ccc1N1CCN2CCCCC2C1. The molecular weight excluding hydrogens is 302 g/mol. The van der Waals surface area contributed by atoms with E-state index >= 15 is 0 Å². The van der Waals surface area contributed by atoms with Gasteiger partial charge in [0.05, 0.1) is 11.3 Å². The molecule has 2 aliphatic heterocycles. The lowest BCUT2D eigenvalue weighted by Gasteiger charge is -2.45. The topological polar surface area (TPSA) is 30.3 Å². The summed E-state index contributed by atoms with van der Waals surface area (Å²) in [7, 11) is 0. The Morgan fingerprint density at radius 2 is 2.11 bits per heavy atom. The number of piperidine rings is 1. The highest BCUT2D eigenvalue weighted by Crippen LogP contribution is 2.28. The summed E-state index contributed by atoms with van der Waals surface area (Å²) in [6.45, 7) is 4.48. The fraction of sp³-hybridized carbons (Fsp3) is 0.533. The van der Waals surface area contributed by atoms with Crippen molar-refractivity contribution in [1.29, 1.82) is 5.26 Å². The zero-order valence-corrected chi connectivity index (χ0v) is 12.6. The highest BCUT2D eigenvalue weighted by molar-refractivity contribution is 9.10. The predicted octanol–water partition coefficient (Wildman–Crippen LogP) is 3.00. The summed E-state index contributed by atoms with van der Waals surface area (Å²) < 4.78 is 0.976. The smallest absolute Gasteiger partial charge is 0.101 e. The van der Waals surface area contributed by atoms with E-state index in [-0.39, 0.29) is 0 Å². The highest BCUT2D eigenvalue weighted by atomic mass is 79.9. The van der Waals surface area contributed by atoms with Gasteiger partial charge in [-0.2, -0.15) is 5.26 Å². The summed E-state index contributed by atoms with van der Waals surface area (Å²) >= 11 is 3.44. The van der Waals surface area contributed by atoms with Gasteiger partial charge in [-0.05, 0) is 37.6 Å². The molecule has 1 unspecified atom stereocenters. The van der Waals surface area contributed by atoms with E-state index in [1.54, 1.807) is 0 Å². The minimum atomic E-state index is 0.678. The molecule has 2 heterocycles. The van der Waals surface area contributed by atoms with Crippen LogP contribution in [0.4, 0.5) is 5.69 Å². The maximum absolute atomic E-state index is 9.30. The Bertz CT molecular complexity index is 509. The molecule has 1 aromatic carbocycles. The predicted molar refractivity (Wildman–Crippen MR) is 80.3 cm³/mol. The molecule has 0 aliphatic carbocycles. The third-order valence-electron chi connectivity index (χ3n) is 4.26. The largest absolute Gasteiger partial charge is 0.368 e. The van der Waals surface area contributed by atoms with Crippen LogP contribution >= 0.6 is 15.9 Å². The maximum Gasteiger partial charge on any atom is 0.101 e. The number of hydrogen-bond acceptors (Lipinski definition) is 3. The van der Waals surface area contributed by atoms with Gasteiger partial charge in [-0.1, -0.05) is 22.4 Å². The molecule has 0 amide bonds. The Kier molecular flexibility index (Phi) is 3.76.